The van der Waals surface area contributed by atoms with E-state index in [0.717, 1.165) is 0 Å². The van der Waals surface area contributed by atoms with Crippen LogP contribution in [0.15, 0.2) is 53.4 Å². The monoisotopic (exact) mass is 480 g/mol. The summed E-state index contributed by atoms with van der Waals surface area (Å²) in [6.45, 7) is 4.16. The Morgan fingerprint density at radius 3 is 2.16 bits per heavy atom. The van der Waals surface area contributed by atoms with Crippen LogP contribution < -0.4 is 9.46 Å². The topological polar surface area (TPSA) is 113 Å². The molecule has 0 saturated carbocycles. The highest BCUT2D eigenvalue weighted by molar-refractivity contribution is 7.89. The van der Waals surface area contributed by atoms with Gasteiger partial charge in [0.15, 0.2) is 5.60 Å². The van der Waals surface area contributed by atoms with Crippen LogP contribution in [0.2, 0.25) is 5.02 Å². The van der Waals surface area contributed by atoms with Crippen LogP contribution >= 0.6 is 11.6 Å². The molecular formula is C22H25ClN2O6S. The molecule has 1 amide bonds. The number of carboxylic acid groups (broad SMARTS) is 1. The summed E-state index contributed by atoms with van der Waals surface area (Å²) >= 11 is 5.88. The molecule has 0 bridgehead atoms. The Balaban J connectivity index is 1.57. The van der Waals surface area contributed by atoms with Crippen molar-refractivity contribution in [2.24, 2.45) is 0 Å². The second-order valence-corrected chi connectivity index (χ2v) is 10.2. The van der Waals surface area contributed by atoms with Gasteiger partial charge in [-0.25, -0.2) is 17.9 Å². The fourth-order valence-corrected chi connectivity index (χ4v) is 4.92. The number of hydrogen-bond acceptors (Lipinski definition) is 5. The Morgan fingerprint density at radius 1 is 1.06 bits per heavy atom. The van der Waals surface area contributed by atoms with Gasteiger partial charge in [-0.15, -0.1) is 0 Å². The number of hydrogen-bond donors (Lipinski definition) is 2. The maximum atomic E-state index is 13.0. The summed E-state index contributed by atoms with van der Waals surface area (Å²) in [4.78, 5) is 25.6. The number of carbonyl (C=O) groups excluding carboxylic acids is 1. The van der Waals surface area contributed by atoms with Gasteiger partial charge in [0.25, 0.3) is 5.91 Å². The molecule has 1 fully saturated rings. The first-order valence-electron chi connectivity index (χ1n) is 10.1. The second-order valence-electron chi connectivity index (χ2n) is 8.08. The number of amides is 1. The van der Waals surface area contributed by atoms with E-state index < -0.39 is 21.6 Å². The molecule has 0 spiro atoms. The number of ether oxygens (including phenoxy) is 1. The number of rotatable bonds is 7. The third kappa shape index (κ3) is 5.79. The van der Waals surface area contributed by atoms with E-state index in [0.29, 0.717) is 36.7 Å². The molecule has 8 nitrogen and oxygen atoms in total. The van der Waals surface area contributed by atoms with Gasteiger partial charge < -0.3 is 14.7 Å². The standard InChI is InChI=1S/C22H25ClN2O6S/c1-22(2,31-18-7-5-16(23)6-8-18)21(28)25-13-11-17(12-14-25)24-32(29,30)19-9-3-15(4-10-19)20(26)27/h3-10,17,24H,11-14H2,1-2H3,(H,26,27). The van der Waals surface area contributed by atoms with Gasteiger partial charge in [-0.1, -0.05) is 11.6 Å². The van der Waals surface area contributed by atoms with Crippen molar-refractivity contribution >= 4 is 33.5 Å². The number of aromatic carboxylic acids is 1. The number of piperidine rings is 1. The predicted molar refractivity (Wildman–Crippen MR) is 119 cm³/mol. The molecule has 0 unspecified atom stereocenters. The zero-order valence-corrected chi connectivity index (χ0v) is 19.3. The highest BCUT2D eigenvalue weighted by Gasteiger charge is 2.36. The van der Waals surface area contributed by atoms with Crippen LogP contribution in [-0.2, 0) is 14.8 Å². The van der Waals surface area contributed by atoms with E-state index >= 15 is 0 Å². The summed E-state index contributed by atoms with van der Waals surface area (Å²) in [6, 6.07) is 11.5. The molecule has 1 aliphatic rings. The van der Waals surface area contributed by atoms with Crippen LogP contribution in [-0.4, -0.2) is 55.0 Å². The summed E-state index contributed by atoms with van der Waals surface area (Å²) in [5.74, 6) is -0.774. The lowest BCUT2D eigenvalue weighted by molar-refractivity contribution is -0.146. The van der Waals surface area contributed by atoms with Crippen molar-refractivity contribution < 1.29 is 27.9 Å². The molecule has 1 saturated heterocycles. The smallest absolute Gasteiger partial charge is 0.335 e. The molecular weight excluding hydrogens is 456 g/mol. The molecule has 2 N–H and O–H groups in total. The van der Waals surface area contributed by atoms with Crippen LogP contribution in [0.1, 0.15) is 37.0 Å². The molecule has 0 atom stereocenters. The maximum Gasteiger partial charge on any atom is 0.335 e. The first-order chi connectivity index (χ1) is 15.0. The molecule has 0 aliphatic carbocycles. The van der Waals surface area contributed by atoms with Gasteiger partial charge in [-0.3, -0.25) is 4.79 Å². The Labute approximate surface area is 192 Å². The normalized spacial score (nSPS) is 15.4. The number of carboxylic acids is 1. The largest absolute Gasteiger partial charge is 0.478 e. The Kier molecular flexibility index (Phi) is 7.12. The molecule has 10 heteroatoms. The lowest BCUT2D eigenvalue weighted by Gasteiger charge is -2.37. The molecule has 172 valence electrons. The lowest BCUT2D eigenvalue weighted by atomic mass is 10.0. The van der Waals surface area contributed by atoms with Gasteiger partial charge >= 0.3 is 5.97 Å². The van der Waals surface area contributed by atoms with E-state index in [1.54, 1.807) is 43.0 Å². The Hall–Kier alpha value is -2.62. The van der Waals surface area contributed by atoms with E-state index in [9.17, 15) is 18.0 Å². The van der Waals surface area contributed by atoms with Crippen molar-refractivity contribution in [3.63, 3.8) is 0 Å². The Morgan fingerprint density at radius 2 is 1.62 bits per heavy atom. The average molecular weight is 481 g/mol. The van der Waals surface area contributed by atoms with Gasteiger partial charge in [0.1, 0.15) is 5.75 Å². The van der Waals surface area contributed by atoms with Gasteiger partial charge in [-0.2, -0.15) is 0 Å². The fourth-order valence-electron chi connectivity index (χ4n) is 3.49. The molecule has 32 heavy (non-hydrogen) atoms. The first-order valence-corrected chi connectivity index (χ1v) is 11.9. The summed E-state index contributed by atoms with van der Waals surface area (Å²) in [6.07, 6.45) is 0.907. The molecule has 2 aromatic carbocycles. The number of carbonyl (C=O) groups is 2. The van der Waals surface area contributed by atoms with Gasteiger partial charge in [0.05, 0.1) is 10.5 Å². The van der Waals surface area contributed by atoms with E-state index in [1.807, 2.05) is 0 Å². The van der Waals surface area contributed by atoms with Gasteiger partial charge in [-0.05, 0) is 75.2 Å². The highest BCUT2D eigenvalue weighted by Crippen LogP contribution is 2.24. The lowest BCUT2D eigenvalue weighted by Crippen LogP contribution is -2.53. The number of nitrogens with zero attached hydrogens (tertiary/aromatic N) is 1. The van der Waals surface area contributed by atoms with E-state index in [-0.39, 0.29) is 22.4 Å². The van der Waals surface area contributed by atoms with Crippen LogP contribution in [0, 0.1) is 0 Å². The predicted octanol–water partition coefficient (Wildman–Crippen LogP) is 3.17. The molecule has 1 aliphatic heterocycles. The molecule has 3 rings (SSSR count). The van der Waals surface area contributed by atoms with Crippen molar-refractivity contribution in [3.05, 3.63) is 59.1 Å². The third-order valence-corrected chi connectivity index (χ3v) is 7.01. The van der Waals surface area contributed by atoms with Crippen molar-refractivity contribution in [1.82, 2.24) is 9.62 Å². The van der Waals surface area contributed by atoms with Crippen LogP contribution in [0.4, 0.5) is 0 Å². The van der Waals surface area contributed by atoms with Gasteiger partial charge in [0.2, 0.25) is 10.0 Å². The third-order valence-electron chi connectivity index (χ3n) is 5.22. The molecule has 0 radical (unpaired) electrons. The molecule has 2 aromatic rings. The second kappa shape index (κ2) is 9.48. The van der Waals surface area contributed by atoms with E-state index in [4.69, 9.17) is 21.4 Å². The van der Waals surface area contributed by atoms with Crippen molar-refractivity contribution in [2.75, 3.05) is 13.1 Å². The fraction of sp³-hybridized carbons (Fsp3) is 0.364. The highest BCUT2D eigenvalue weighted by atomic mass is 35.5. The minimum atomic E-state index is -3.79. The first kappa shape index (κ1) is 24.0. The summed E-state index contributed by atoms with van der Waals surface area (Å²) in [5, 5.41) is 9.52. The average Bonchev–Trinajstić information content (AvgIpc) is 2.75. The Bertz CT molecular complexity index is 1080. The summed E-state index contributed by atoms with van der Waals surface area (Å²) < 4.78 is 33.7. The number of nitrogens with one attached hydrogen (secondary N) is 1. The zero-order valence-electron chi connectivity index (χ0n) is 17.7. The summed E-state index contributed by atoms with van der Waals surface area (Å²) in [7, 11) is -3.79. The van der Waals surface area contributed by atoms with E-state index in [2.05, 4.69) is 4.72 Å². The SMILES string of the molecule is CC(C)(Oc1ccc(Cl)cc1)C(=O)N1CCC(NS(=O)(=O)c2ccc(C(=O)O)cc2)CC1. The molecule has 1 heterocycles. The maximum absolute atomic E-state index is 13.0. The van der Waals surface area contributed by atoms with Crippen molar-refractivity contribution in [3.8, 4) is 5.75 Å². The van der Waals surface area contributed by atoms with Crippen LogP contribution in [0.5, 0.6) is 5.75 Å². The number of halogens is 1. The quantitative estimate of drug-likeness (QED) is 0.629. The minimum absolute atomic E-state index is 0.00139. The van der Waals surface area contributed by atoms with Crippen LogP contribution in [0.25, 0.3) is 0 Å². The van der Waals surface area contributed by atoms with Crippen molar-refractivity contribution in [1.29, 1.82) is 0 Å². The number of likely N-dealkylation sites (tertiary alicyclic amines) is 1. The number of sulfonamides is 1. The molecule has 0 aromatic heterocycles. The number of benzene rings is 2. The van der Waals surface area contributed by atoms with Gasteiger partial charge in [0, 0.05) is 24.2 Å². The zero-order chi connectivity index (χ0) is 23.5. The minimum Gasteiger partial charge on any atom is -0.478 e. The van der Waals surface area contributed by atoms with Crippen molar-refractivity contribution in [2.45, 2.75) is 43.2 Å². The van der Waals surface area contributed by atoms with Crippen LogP contribution in [0.3, 0.4) is 0 Å². The van der Waals surface area contributed by atoms with E-state index in [1.165, 1.54) is 24.3 Å². The summed E-state index contributed by atoms with van der Waals surface area (Å²) in [5.41, 5.74) is -1.08.